The van der Waals surface area contributed by atoms with Gasteiger partial charge in [0.1, 0.15) is 23.7 Å². The van der Waals surface area contributed by atoms with Crippen molar-refractivity contribution in [3.05, 3.63) is 114 Å². The SMILES string of the molecule is COC(=O)N[C@H](C(=O)N1CCC[C@H]1c1cnc(-c2ccc(-c3ccc(-c4ccc(-c5ncc([C@@H]6CCCN6C(=O)[C@@H](NC(=O)OC)C(C)C)[nH]5)cc4)n3-c3ccc(C(C)(C)C)cc3)cc2)[nH]1)C(C)C. The van der Waals surface area contributed by atoms with Crippen LogP contribution in [0.25, 0.3) is 51.0 Å². The molecule has 3 aromatic carbocycles. The van der Waals surface area contributed by atoms with Crippen molar-refractivity contribution in [2.75, 3.05) is 27.3 Å². The van der Waals surface area contributed by atoms with Crippen molar-refractivity contribution >= 4 is 24.0 Å². The zero-order valence-electron chi connectivity index (χ0n) is 41.1. The summed E-state index contributed by atoms with van der Waals surface area (Å²) in [6.45, 7) is 15.5. The Kier molecular flexibility index (Phi) is 14.1. The Hall–Kier alpha value is -7.16. The molecule has 0 spiro atoms. The van der Waals surface area contributed by atoms with Gasteiger partial charge in [0, 0.05) is 29.9 Å². The van der Waals surface area contributed by atoms with Crippen molar-refractivity contribution in [2.24, 2.45) is 11.8 Å². The molecule has 4 amide bonds. The molecular weight excluding hydrogens is 871 g/mol. The van der Waals surface area contributed by atoms with Gasteiger partial charge in [0.15, 0.2) is 0 Å². The summed E-state index contributed by atoms with van der Waals surface area (Å²) in [5, 5.41) is 5.45. The lowest BCUT2D eigenvalue weighted by Gasteiger charge is -2.30. The number of carbonyl (C=O) groups excluding carboxylic acids is 4. The molecule has 4 atom stereocenters. The number of likely N-dealkylation sites (tertiary alicyclic amines) is 2. The number of benzene rings is 3. The quantitative estimate of drug-likeness (QED) is 0.0884. The zero-order chi connectivity index (χ0) is 49.1. The molecule has 0 saturated carbocycles. The van der Waals surface area contributed by atoms with E-state index in [1.165, 1.54) is 19.8 Å². The van der Waals surface area contributed by atoms with Crippen LogP contribution in [-0.4, -0.2) is 97.7 Å². The van der Waals surface area contributed by atoms with Gasteiger partial charge in [-0.2, -0.15) is 0 Å². The minimum Gasteiger partial charge on any atom is -0.453 e. The summed E-state index contributed by atoms with van der Waals surface area (Å²) in [6, 6.07) is 28.1. The van der Waals surface area contributed by atoms with Crippen molar-refractivity contribution in [1.82, 2.24) is 44.9 Å². The lowest BCUT2D eigenvalue weighted by molar-refractivity contribution is -0.136. The first-order valence-corrected chi connectivity index (χ1v) is 24.0. The van der Waals surface area contributed by atoms with Gasteiger partial charge < -0.3 is 44.4 Å². The molecule has 0 radical (unpaired) electrons. The number of methoxy groups -OCH3 is 2. The number of aromatic amines is 2. The molecular formula is C54H65N9O6. The molecule has 362 valence electrons. The number of hydrogen-bond donors (Lipinski definition) is 4. The van der Waals surface area contributed by atoms with E-state index < -0.39 is 24.3 Å². The maximum atomic E-state index is 13.7. The van der Waals surface area contributed by atoms with E-state index in [-0.39, 0.29) is 41.1 Å². The van der Waals surface area contributed by atoms with Gasteiger partial charge in [-0.15, -0.1) is 0 Å². The number of nitrogens with zero attached hydrogens (tertiary/aromatic N) is 5. The molecule has 2 saturated heterocycles. The van der Waals surface area contributed by atoms with Gasteiger partial charge in [0.2, 0.25) is 11.8 Å². The fourth-order valence-corrected chi connectivity index (χ4v) is 9.64. The standard InChI is InChI=1S/C54H65N9O6/c1-32(2)46(59-52(66)68-8)50(64)61-28-10-12-44(61)40-30-55-48(57-40)36-18-14-34(15-19-36)42-26-27-43(63(42)39-24-22-38(23-25-39)54(5,6)7)35-16-20-37(21-17-35)49-56-31-41(58-49)45-13-11-29-62(45)51(65)47(33(3)4)60-53(67)69-9/h14-27,30-33,44-47H,10-13,28-29H2,1-9H3,(H,55,57)(H,56,58)(H,59,66)(H,60,67)/t44-,45-,46-,47-/m0/s1. The highest BCUT2D eigenvalue weighted by atomic mass is 16.5. The summed E-state index contributed by atoms with van der Waals surface area (Å²) in [5.74, 6) is 0.928. The maximum absolute atomic E-state index is 13.7. The predicted octanol–water partition coefficient (Wildman–Crippen LogP) is 9.98. The van der Waals surface area contributed by atoms with Gasteiger partial charge in [0.25, 0.3) is 0 Å². The van der Waals surface area contributed by atoms with E-state index in [1.807, 2.05) is 49.9 Å². The first-order valence-electron chi connectivity index (χ1n) is 24.0. The summed E-state index contributed by atoms with van der Waals surface area (Å²) in [5.41, 5.74) is 9.94. The molecule has 2 aliphatic rings. The van der Waals surface area contributed by atoms with Crippen LogP contribution in [0.3, 0.4) is 0 Å². The summed E-state index contributed by atoms with van der Waals surface area (Å²) in [6.07, 6.45) is 5.66. The van der Waals surface area contributed by atoms with Crippen LogP contribution in [0, 0.1) is 11.8 Å². The van der Waals surface area contributed by atoms with E-state index in [4.69, 9.17) is 19.4 Å². The van der Waals surface area contributed by atoms with E-state index in [9.17, 15) is 19.2 Å². The molecule has 0 bridgehead atoms. The number of alkyl carbamates (subject to hydrolysis) is 2. The van der Waals surface area contributed by atoms with Crippen LogP contribution in [-0.2, 0) is 24.5 Å². The molecule has 5 heterocycles. The van der Waals surface area contributed by atoms with Crippen LogP contribution in [0.15, 0.2) is 97.3 Å². The maximum Gasteiger partial charge on any atom is 0.407 e. The third kappa shape index (κ3) is 10.2. The van der Waals surface area contributed by atoms with E-state index >= 15 is 0 Å². The van der Waals surface area contributed by atoms with Crippen LogP contribution < -0.4 is 10.6 Å². The smallest absolute Gasteiger partial charge is 0.407 e. The molecule has 8 rings (SSSR count). The van der Waals surface area contributed by atoms with Gasteiger partial charge in [-0.05, 0) is 83.9 Å². The van der Waals surface area contributed by atoms with Gasteiger partial charge in [-0.3, -0.25) is 9.59 Å². The van der Waals surface area contributed by atoms with Crippen LogP contribution in [0.2, 0.25) is 0 Å². The normalized spacial score (nSPS) is 17.0. The minimum atomic E-state index is -0.697. The fourth-order valence-electron chi connectivity index (χ4n) is 9.64. The van der Waals surface area contributed by atoms with Gasteiger partial charge in [0.05, 0.1) is 61.5 Å². The number of carbonyl (C=O) groups is 4. The Bertz CT molecular complexity index is 2600. The number of hydrogen-bond acceptors (Lipinski definition) is 8. The number of nitrogens with one attached hydrogen (secondary N) is 4. The van der Waals surface area contributed by atoms with Gasteiger partial charge >= 0.3 is 12.2 Å². The first-order chi connectivity index (χ1) is 33.1. The molecule has 3 aromatic heterocycles. The number of rotatable bonds is 13. The van der Waals surface area contributed by atoms with E-state index in [0.717, 1.165) is 76.4 Å². The molecule has 0 aliphatic carbocycles. The Morgan fingerprint density at radius 1 is 0.594 bits per heavy atom. The van der Waals surface area contributed by atoms with Crippen LogP contribution in [0.5, 0.6) is 0 Å². The average molecular weight is 936 g/mol. The topological polar surface area (TPSA) is 180 Å². The van der Waals surface area contributed by atoms with E-state index in [1.54, 1.807) is 0 Å². The third-order valence-electron chi connectivity index (χ3n) is 13.5. The summed E-state index contributed by atoms with van der Waals surface area (Å²) in [7, 11) is 2.59. The van der Waals surface area contributed by atoms with Crippen molar-refractivity contribution in [1.29, 1.82) is 0 Å². The molecule has 2 aliphatic heterocycles. The molecule has 6 aromatic rings. The van der Waals surface area contributed by atoms with Crippen molar-refractivity contribution in [3.8, 4) is 51.0 Å². The second kappa shape index (κ2) is 20.2. The largest absolute Gasteiger partial charge is 0.453 e. The highest BCUT2D eigenvalue weighted by Crippen LogP contribution is 2.38. The average Bonchev–Trinajstić information content (AvgIpc) is 4.21. The first kappa shape index (κ1) is 48.3. The molecule has 2 fully saturated rings. The number of amides is 4. The zero-order valence-corrected chi connectivity index (χ0v) is 41.1. The van der Waals surface area contributed by atoms with Gasteiger partial charge in [-0.25, -0.2) is 19.6 Å². The van der Waals surface area contributed by atoms with Crippen molar-refractivity contribution < 1.29 is 28.7 Å². The Balaban J connectivity index is 1.04. The monoisotopic (exact) mass is 936 g/mol. The molecule has 69 heavy (non-hydrogen) atoms. The van der Waals surface area contributed by atoms with E-state index in [0.29, 0.717) is 24.7 Å². The molecule has 15 heteroatoms. The highest BCUT2D eigenvalue weighted by molar-refractivity contribution is 5.87. The fraction of sp³-hybridized carbons (Fsp3) is 0.407. The third-order valence-corrected chi connectivity index (χ3v) is 13.5. The van der Waals surface area contributed by atoms with Crippen molar-refractivity contribution in [3.63, 3.8) is 0 Å². The van der Waals surface area contributed by atoms with E-state index in [2.05, 4.69) is 131 Å². The Labute approximate surface area is 404 Å². The second-order valence-corrected chi connectivity index (χ2v) is 19.9. The molecule has 0 unspecified atom stereocenters. The van der Waals surface area contributed by atoms with Crippen molar-refractivity contribution in [2.45, 2.75) is 104 Å². The van der Waals surface area contributed by atoms with Crippen LogP contribution in [0.1, 0.15) is 103 Å². The second-order valence-electron chi connectivity index (χ2n) is 19.9. The molecule has 15 nitrogen and oxygen atoms in total. The molecule has 4 N–H and O–H groups in total. The van der Waals surface area contributed by atoms with Gasteiger partial charge in [-0.1, -0.05) is 109 Å². The Morgan fingerprint density at radius 2 is 0.986 bits per heavy atom. The summed E-state index contributed by atoms with van der Waals surface area (Å²) < 4.78 is 11.9. The number of imidazole rings is 2. The lowest BCUT2D eigenvalue weighted by Crippen LogP contribution is -2.51. The number of H-pyrrole nitrogens is 2. The highest BCUT2D eigenvalue weighted by Gasteiger charge is 2.38. The van der Waals surface area contributed by atoms with Crippen LogP contribution in [0.4, 0.5) is 9.59 Å². The summed E-state index contributed by atoms with van der Waals surface area (Å²) >= 11 is 0. The van der Waals surface area contributed by atoms with Crippen LogP contribution >= 0.6 is 0 Å². The Morgan fingerprint density at radius 3 is 1.35 bits per heavy atom. The summed E-state index contributed by atoms with van der Waals surface area (Å²) in [4.78, 5) is 71.9. The lowest BCUT2D eigenvalue weighted by atomic mass is 9.87. The number of aromatic nitrogens is 5. The minimum absolute atomic E-state index is 0.00242. The number of ether oxygens (including phenoxy) is 2. The predicted molar refractivity (Wildman–Crippen MR) is 266 cm³/mol.